The summed E-state index contributed by atoms with van der Waals surface area (Å²) in [6.45, 7) is 3.40. The molecule has 0 spiro atoms. The van der Waals surface area contributed by atoms with Crippen molar-refractivity contribution in [2.75, 3.05) is 13.2 Å². The van der Waals surface area contributed by atoms with Gasteiger partial charge in [-0.1, -0.05) is 109 Å². The molecule has 272 valence electrons. The van der Waals surface area contributed by atoms with E-state index in [-0.39, 0.29) is 30.9 Å². The summed E-state index contributed by atoms with van der Waals surface area (Å²) in [5.74, 6) is -2.41. The van der Waals surface area contributed by atoms with E-state index in [2.05, 4.69) is 48.8 Å². The number of rotatable bonds is 33. The molecule has 47 heavy (non-hydrogen) atoms. The largest absolute Gasteiger partial charge is 0.480 e. The number of nitrogens with one attached hydrogen (secondary N) is 2. The maximum absolute atomic E-state index is 12.6. The monoisotopic (exact) mass is 665 g/mol. The molecule has 9 heteroatoms. The van der Waals surface area contributed by atoms with Crippen molar-refractivity contribution in [3.8, 4) is 0 Å². The summed E-state index contributed by atoms with van der Waals surface area (Å²) in [5.41, 5.74) is 0. The predicted octanol–water partition coefficient (Wildman–Crippen LogP) is 8.09. The number of hydrogen-bond donors (Lipinski definition) is 4. The third-order valence-electron chi connectivity index (χ3n) is 8.16. The van der Waals surface area contributed by atoms with E-state index in [9.17, 15) is 19.2 Å². The van der Waals surface area contributed by atoms with E-state index in [4.69, 9.17) is 14.9 Å². The van der Waals surface area contributed by atoms with Crippen molar-refractivity contribution < 1.29 is 34.1 Å². The van der Waals surface area contributed by atoms with Crippen LogP contribution in [0.3, 0.4) is 0 Å². The molecule has 0 rings (SSSR count). The second-order valence-corrected chi connectivity index (χ2v) is 12.7. The van der Waals surface area contributed by atoms with Gasteiger partial charge in [-0.3, -0.25) is 14.4 Å². The normalized spacial score (nSPS) is 12.7. The van der Waals surface area contributed by atoms with Crippen LogP contribution in [0.25, 0.3) is 0 Å². The summed E-state index contributed by atoms with van der Waals surface area (Å²) in [7, 11) is 0. The van der Waals surface area contributed by atoms with Crippen LogP contribution in [0.5, 0.6) is 0 Å². The lowest BCUT2D eigenvalue weighted by atomic mass is 10.1. The Kier molecular flexibility index (Phi) is 31.3. The van der Waals surface area contributed by atoms with Gasteiger partial charge >= 0.3 is 11.9 Å². The van der Waals surface area contributed by atoms with Crippen molar-refractivity contribution >= 4 is 23.8 Å². The Labute approximate surface area is 285 Å². The molecule has 0 radical (unpaired) electrons. The summed E-state index contributed by atoms with van der Waals surface area (Å²) < 4.78 is 5.86. The van der Waals surface area contributed by atoms with Gasteiger partial charge in [0.05, 0.1) is 13.2 Å². The molecule has 9 nitrogen and oxygen atoms in total. The molecule has 0 bridgehead atoms. The minimum Gasteiger partial charge on any atom is -0.480 e. The number of ether oxygens (including phenoxy) is 1. The highest BCUT2D eigenvalue weighted by Gasteiger charge is 2.18. The van der Waals surface area contributed by atoms with Gasteiger partial charge < -0.3 is 25.6 Å². The molecule has 2 atom stereocenters. The minimum absolute atomic E-state index is 0.122. The number of esters is 1. The molecule has 0 aliphatic carbocycles. The zero-order valence-corrected chi connectivity index (χ0v) is 29.8. The van der Waals surface area contributed by atoms with E-state index in [0.717, 1.165) is 64.2 Å². The number of aliphatic hydroxyl groups excluding tert-OH is 1. The van der Waals surface area contributed by atoms with E-state index in [0.29, 0.717) is 12.8 Å². The number of carboxylic acids is 1. The lowest BCUT2D eigenvalue weighted by Crippen LogP contribution is -2.47. The molecule has 0 fully saturated rings. The molecule has 4 N–H and O–H groups in total. The number of carbonyl (C=O) groups is 4. The van der Waals surface area contributed by atoms with Gasteiger partial charge in [-0.05, 0) is 70.3 Å². The van der Waals surface area contributed by atoms with E-state index in [1.165, 1.54) is 70.6 Å². The highest BCUT2D eigenvalue weighted by Crippen LogP contribution is 2.15. The molecule has 2 amide bonds. The van der Waals surface area contributed by atoms with Gasteiger partial charge in [-0.2, -0.15) is 0 Å². The first-order chi connectivity index (χ1) is 22.8. The van der Waals surface area contributed by atoms with Gasteiger partial charge in [0.1, 0.15) is 12.1 Å². The highest BCUT2D eigenvalue weighted by atomic mass is 16.5. The quantitative estimate of drug-likeness (QED) is 0.0316. The standard InChI is InChI=1S/C38H68N2O7/c1-3-5-7-9-11-12-13-14-15-16-18-20-26-30-37(44)47-33(27-23-19-17-10-8-6-4-2)28-24-21-22-25-29-35(42)39-31-36(43)40-34(32-41)38(45)46/h12-13,23,27,33-34,41H,3-11,14-22,24-26,28-32H2,1-2H3,(H,39,42)(H,40,43)(H,45,46)/b13-12-,27-23-. The Morgan fingerprint density at radius 1 is 0.638 bits per heavy atom. The number of aliphatic carboxylic acids is 1. The zero-order valence-electron chi connectivity index (χ0n) is 29.8. The van der Waals surface area contributed by atoms with Crippen LogP contribution in [0, 0.1) is 0 Å². The van der Waals surface area contributed by atoms with E-state index < -0.39 is 24.5 Å². The molecular weight excluding hydrogens is 596 g/mol. The van der Waals surface area contributed by atoms with Gasteiger partial charge in [0.15, 0.2) is 0 Å². The van der Waals surface area contributed by atoms with Crippen LogP contribution < -0.4 is 10.6 Å². The molecule has 0 aliphatic rings. The number of carboxylic acid groups (broad SMARTS) is 1. The summed E-state index contributed by atoms with van der Waals surface area (Å²) in [5, 5.41) is 22.5. The van der Waals surface area contributed by atoms with Gasteiger partial charge in [0.2, 0.25) is 11.8 Å². The second-order valence-electron chi connectivity index (χ2n) is 12.7. The molecule has 0 aromatic carbocycles. The van der Waals surface area contributed by atoms with Crippen molar-refractivity contribution in [3.05, 3.63) is 24.3 Å². The molecule has 0 saturated heterocycles. The number of unbranched alkanes of at least 4 members (excludes halogenated alkanes) is 17. The van der Waals surface area contributed by atoms with Crippen LogP contribution in [0.2, 0.25) is 0 Å². The number of amides is 2. The average Bonchev–Trinajstić information content (AvgIpc) is 3.05. The predicted molar refractivity (Wildman–Crippen MR) is 190 cm³/mol. The molecule has 0 aromatic rings. The van der Waals surface area contributed by atoms with Crippen LogP contribution in [0.4, 0.5) is 0 Å². The Morgan fingerprint density at radius 2 is 1.15 bits per heavy atom. The SMILES string of the molecule is CCCCCC/C=C\CCCCCCCC(=O)OC(/C=C\CCCCCCC)CCCCCCC(=O)NCC(=O)NC(CO)C(=O)O. The third kappa shape index (κ3) is 30.4. The number of aliphatic hydroxyl groups is 1. The highest BCUT2D eigenvalue weighted by molar-refractivity contribution is 5.87. The van der Waals surface area contributed by atoms with Crippen LogP contribution in [0.15, 0.2) is 24.3 Å². The van der Waals surface area contributed by atoms with Gasteiger partial charge in [0, 0.05) is 12.8 Å². The van der Waals surface area contributed by atoms with Gasteiger partial charge in [-0.15, -0.1) is 0 Å². The smallest absolute Gasteiger partial charge is 0.328 e. The van der Waals surface area contributed by atoms with Crippen LogP contribution in [0.1, 0.15) is 168 Å². The van der Waals surface area contributed by atoms with Crippen molar-refractivity contribution in [1.82, 2.24) is 10.6 Å². The van der Waals surface area contributed by atoms with Crippen molar-refractivity contribution in [1.29, 1.82) is 0 Å². The fraction of sp³-hybridized carbons (Fsp3) is 0.789. The van der Waals surface area contributed by atoms with Crippen molar-refractivity contribution in [2.24, 2.45) is 0 Å². The fourth-order valence-corrected chi connectivity index (χ4v) is 5.21. The lowest BCUT2D eigenvalue weighted by molar-refractivity contribution is -0.147. The van der Waals surface area contributed by atoms with Crippen molar-refractivity contribution in [3.63, 3.8) is 0 Å². The van der Waals surface area contributed by atoms with Crippen molar-refractivity contribution in [2.45, 2.75) is 180 Å². The minimum atomic E-state index is -1.39. The Morgan fingerprint density at radius 3 is 1.74 bits per heavy atom. The Hall–Kier alpha value is -2.68. The topological polar surface area (TPSA) is 142 Å². The first-order valence-electron chi connectivity index (χ1n) is 18.7. The van der Waals surface area contributed by atoms with Crippen LogP contribution in [-0.2, 0) is 23.9 Å². The van der Waals surface area contributed by atoms with E-state index in [1.54, 1.807) is 0 Å². The first-order valence-corrected chi connectivity index (χ1v) is 18.7. The van der Waals surface area contributed by atoms with Crippen LogP contribution >= 0.6 is 0 Å². The number of carbonyl (C=O) groups excluding carboxylic acids is 3. The number of hydrogen-bond acceptors (Lipinski definition) is 6. The first kappa shape index (κ1) is 44.3. The zero-order chi connectivity index (χ0) is 34.8. The molecular formula is C38H68N2O7. The van der Waals surface area contributed by atoms with Crippen LogP contribution in [-0.4, -0.2) is 59.3 Å². The maximum atomic E-state index is 12.6. The van der Waals surface area contributed by atoms with E-state index in [1.807, 2.05) is 0 Å². The number of allylic oxidation sites excluding steroid dienone is 3. The Balaban J connectivity index is 4.28. The molecule has 0 aromatic heterocycles. The molecule has 0 heterocycles. The molecule has 0 aliphatic heterocycles. The summed E-state index contributed by atoms with van der Waals surface area (Å²) in [4.78, 5) is 47.3. The summed E-state index contributed by atoms with van der Waals surface area (Å²) in [6, 6.07) is -1.39. The second kappa shape index (κ2) is 33.2. The third-order valence-corrected chi connectivity index (χ3v) is 8.16. The molecule has 0 saturated carbocycles. The summed E-state index contributed by atoms with van der Waals surface area (Å²) >= 11 is 0. The fourth-order valence-electron chi connectivity index (χ4n) is 5.21. The Bertz CT molecular complexity index is 859. The maximum Gasteiger partial charge on any atom is 0.328 e. The van der Waals surface area contributed by atoms with Gasteiger partial charge in [0.25, 0.3) is 0 Å². The van der Waals surface area contributed by atoms with Gasteiger partial charge in [-0.25, -0.2) is 4.79 Å². The summed E-state index contributed by atoms with van der Waals surface area (Å²) in [6.07, 6.45) is 33.6. The molecule has 2 unspecified atom stereocenters. The average molecular weight is 665 g/mol. The van der Waals surface area contributed by atoms with E-state index >= 15 is 0 Å². The lowest BCUT2D eigenvalue weighted by Gasteiger charge is -2.15.